The number of hydrogen-bond donors (Lipinski definition) is 2. The Kier molecular flexibility index (Phi) is 6.27. The molecule has 0 saturated carbocycles. The third kappa shape index (κ3) is 5.09. The molecule has 156 valence electrons. The molecule has 3 aromatic rings. The van der Waals surface area contributed by atoms with E-state index in [0.29, 0.717) is 28.4 Å². The molecule has 0 radical (unpaired) electrons. The standard InChI is InChI=1S/C22H22N2O5S/c1-15-5-4-6-18(11-15)24-30(26,27)21-9-7-17(8-10-21)23-22(25)16-12-19(28-2)14-20(13-16)29-3/h4-14,24H,1-3H3,(H,23,25). The summed E-state index contributed by atoms with van der Waals surface area (Å²) in [7, 11) is -0.740. The Bertz CT molecular complexity index is 1140. The van der Waals surface area contributed by atoms with E-state index in [4.69, 9.17) is 9.47 Å². The first-order chi connectivity index (χ1) is 14.3. The second kappa shape index (κ2) is 8.87. The second-order valence-electron chi connectivity index (χ2n) is 6.55. The minimum Gasteiger partial charge on any atom is -0.497 e. The predicted octanol–water partition coefficient (Wildman–Crippen LogP) is 4.07. The van der Waals surface area contributed by atoms with Crippen molar-refractivity contribution in [3.63, 3.8) is 0 Å². The van der Waals surface area contributed by atoms with E-state index in [2.05, 4.69) is 10.0 Å². The molecule has 0 aliphatic rings. The van der Waals surface area contributed by atoms with Gasteiger partial charge in [0, 0.05) is 23.0 Å². The van der Waals surface area contributed by atoms with Crippen LogP contribution in [0.5, 0.6) is 11.5 Å². The van der Waals surface area contributed by atoms with Gasteiger partial charge in [-0.2, -0.15) is 0 Å². The quantitative estimate of drug-likeness (QED) is 0.594. The molecule has 3 aromatic carbocycles. The number of carbonyl (C=O) groups excluding carboxylic acids is 1. The number of benzene rings is 3. The molecule has 0 fully saturated rings. The molecule has 0 aliphatic heterocycles. The Balaban J connectivity index is 1.75. The Hall–Kier alpha value is -3.52. The first kappa shape index (κ1) is 21.2. The summed E-state index contributed by atoms with van der Waals surface area (Å²) in [5.74, 6) is 0.604. The molecule has 0 unspecified atom stereocenters. The van der Waals surface area contributed by atoms with Gasteiger partial charge < -0.3 is 14.8 Å². The van der Waals surface area contributed by atoms with E-state index < -0.39 is 10.0 Å². The Morgan fingerprint density at radius 1 is 0.833 bits per heavy atom. The zero-order valence-electron chi connectivity index (χ0n) is 16.8. The summed E-state index contributed by atoms with van der Waals surface area (Å²) in [5, 5.41) is 2.73. The predicted molar refractivity (Wildman–Crippen MR) is 116 cm³/mol. The summed E-state index contributed by atoms with van der Waals surface area (Å²) < 4.78 is 38.1. The summed E-state index contributed by atoms with van der Waals surface area (Å²) in [6.07, 6.45) is 0. The number of nitrogens with one attached hydrogen (secondary N) is 2. The molecule has 0 bridgehead atoms. The topological polar surface area (TPSA) is 93.7 Å². The van der Waals surface area contributed by atoms with Gasteiger partial charge in [-0.05, 0) is 61.0 Å². The Labute approximate surface area is 175 Å². The maximum absolute atomic E-state index is 12.6. The average Bonchev–Trinajstić information content (AvgIpc) is 2.73. The van der Waals surface area contributed by atoms with Crippen molar-refractivity contribution in [3.05, 3.63) is 77.9 Å². The number of sulfonamides is 1. The monoisotopic (exact) mass is 426 g/mol. The van der Waals surface area contributed by atoms with Gasteiger partial charge in [0.25, 0.3) is 15.9 Å². The van der Waals surface area contributed by atoms with Crippen molar-refractivity contribution < 1.29 is 22.7 Å². The molecule has 0 saturated heterocycles. The lowest BCUT2D eigenvalue weighted by molar-refractivity contribution is 0.102. The lowest BCUT2D eigenvalue weighted by Gasteiger charge is -2.11. The van der Waals surface area contributed by atoms with Gasteiger partial charge in [0.05, 0.1) is 19.1 Å². The fraction of sp³-hybridized carbons (Fsp3) is 0.136. The van der Waals surface area contributed by atoms with Crippen LogP contribution >= 0.6 is 0 Å². The Morgan fingerprint density at radius 2 is 1.47 bits per heavy atom. The summed E-state index contributed by atoms with van der Waals surface area (Å²) in [6, 6.07) is 17.8. The smallest absolute Gasteiger partial charge is 0.261 e. The number of rotatable bonds is 7. The van der Waals surface area contributed by atoms with Crippen molar-refractivity contribution in [2.24, 2.45) is 0 Å². The first-order valence-electron chi connectivity index (χ1n) is 9.05. The minimum atomic E-state index is -3.74. The van der Waals surface area contributed by atoms with Crippen LogP contribution in [0, 0.1) is 6.92 Å². The molecular formula is C22H22N2O5S. The fourth-order valence-corrected chi connectivity index (χ4v) is 3.83. The van der Waals surface area contributed by atoms with Crippen molar-refractivity contribution in [1.82, 2.24) is 0 Å². The molecule has 0 heterocycles. The van der Waals surface area contributed by atoms with Gasteiger partial charge in [-0.15, -0.1) is 0 Å². The highest BCUT2D eigenvalue weighted by molar-refractivity contribution is 7.92. The van der Waals surface area contributed by atoms with Crippen LogP contribution < -0.4 is 19.5 Å². The largest absolute Gasteiger partial charge is 0.497 e. The SMILES string of the molecule is COc1cc(OC)cc(C(=O)Nc2ccc(S(=O)(=O)Nc3cccc(C)c3)cc2)c1. The highest BCUT2D eigenvalue weighted by Crippen LogP contribution is 2.24. The van der Waals surface area contributed by atoms with Crippen LogP contribution in [0.3, 0.4) is 0 Å². The van der Waals surface area contributed by atoms with Gasteiger partial charge in [0.1, 0.15) is 11.5 Å². The van der Waals surface area contributed by atoms with Crippen LogP contribution in [-0.2, 0) is 10.0 Å². The van der Waals surface area contributed by atoms with E-state index >= 15 is 0 Å². The van der Waals surface area contributed by atoms with E-state index in [-0.39, 0.29) is 10.8 Å². The zero-order valence-corrected chi connectivity index (χ0v) is 17.6. The van der Waals surface area contributed by atoms with Gasteiger partial charge in [0.2, 0.25) is 0 Å². The van der Waals surface area contributed by atoms with E-state index in [1.54, 1.807) is 36.4 Å². The number of ether oxygens (including phenoxy) is 2. The highest BCUT2D eigenvalue weighted by atomic mass is 32.2. The number of methoxy groups -OCH3 is 2. The van der Waals surface area contributed by atoms with Crippen LogP contribution in [0.1, 0.15) is 15.9 Å². The van der Waals surface area contributed by atoms with Crippen LogP contribution in [-0.4, -0.2) is 28.5 Å². The van der Waals surface area contributed by atoms with E-state index in [0.717, 1.165) is 5.56 Å². The number of amides is 1. The lowest BCUT2D eigenvalue weighted by atomic mass is 10.2. The lowest BCUT2D eigenvalue weighted by Crippen LogP contribution is -2.14. The number of carbonyl (C=O) groups is 1. The molecule has 7 nitrogen and oxygen atoms in total. The normalized spacial score (nSPS) is 10.9. The number of aryl methyl sites for hydroxylation is 1. The molecule has 2 N–H and O–H groups in total. The van der Waals surface area contributed by atoms with Gasteiger partial charge >= 0.3 is 0 Å². The Morgan fingerprint density at radius 3 is 2.03 bits per heavy atom. The van der Waals surface area contributed by atoms with Crippen LogP contribution in [0.15, 0.2) is 71.6 Å². The van der Waals surface area contributed by atoms with Crippen molar-refractivity contribution in [2.75, 3.05) is 24.3 Å². The molecule has 1 amide bonds. The first-order valence-corrected chi connectivity index (χ1v) is 10.5. The summed E-state index contributed by atoms with van der Waals surface area (Å²) >= 11 is 0. The second-order valence-corrected chi connectivity index (χ2v) is 8.24. The third-order valence-corrected chi connectivity index (χ3v) is 5.70. The average molecular weight is 426 g/mol. The minimum absolute atomic E-state index is 0.0880. The van der Waals surface area contributed by atoms with Gasteiger partial charge in [-0.3, -0.25) is 9.52 Å². The highest BCUT2D eigenvalue weighted by Gasteiger charge is 2.15. The summed E-state index contributed by atoms with van der Waals surface area (Å²) in [5.41, 5.74) is 2.24. The van der Waals surface area contributed by atoms with E-state index in [1.807, 2.05) is 13.0 Å². The molecule has 0 aliphatic carbocycles. The van der Waals surface area contributed by atoms with Crippen LogP contribution in [0.25, 0.3) is 0 Å². The van der Waals surface area contributed by atoms with Gasteiger partial charge in [-0.1, -0.05) is 12.1 Å². The molecule has 0 spiro atoms. The molecular weight excluding hydrogens is 404 g/mol. The van der Waals surface area contributed by atoms with E-state index in [9.17, 15) is 13.2 Å². The molecule has 0 aromatic heterocycles. The number of hydrogen-bond acceptors (Lipinski definition) is 5. The molecule has 8 heteroatoms. The summed E-state index contributed by atoms with van der Waals surface area (Å²) in [4.78, 5) is 12.6. The van der Waals surface area contributed by atoms with Crippen LogP contribution in [0.2, 0.25) is 0 Å². The fourth-order valence-electron chi connectivity index (χ4n) is 2.78. The molecule has 3 rings (SSSR count). The number of anilines is 2. The van der Waals surface area contributed by atoms with Gasteiger partial charge in [0.15, 0.2) is 0 Å². The van der Waals surface area contributed by atoms with E-state index in [1.165, 1.54) is 38.5 Å². The molecule has 0 atom stereocenters. The van der Waals surface area contributed by atoms with Crippen molar-refractivity contribution in [2.45, 2.75) is 11.8 Å². The van der Waals surface area contributed by atoms with Crippen molar-refractivity contribution in [3.8, 4) is 11.5 Å². The maximum Gasteiger partial charge on any atom is 0.261 e. The summed E-state index contributed by atoms with van der Waals surface area (Å²) in [6.45, 7) is 1.88. The van der Waals surface area contributed by atoms with Crippen LogP contribution in [0.4, 0.5) is 11.4 Å². The third-order valence-electron chi connectivity index (χ3n) is 4.31. The molecule has 30 heavy (non-hydrogen) atoms. The maximum atomic E-state index is 12.6. The van der Waals surface area contributed by atoms with Gasteiger partial charge in [-0.25, -0.2) is 8.42 Å². The zero-order chi connectivity index (χ0) is 21.7. The van der Waals surface area contributed by atoms with Crippen molar-refractivity contribution >= 4 is 27.3 Å². The van der Waals surface area contributed by atoms with Crippen molar-refractivity contribution in [1.29, 1.82) is 0 Å².